The van der Waals surface area contributed by atoms with Crippen LogP contribution in [0.25, 0.3) is 0 Å². The molecule has 0 spiro atoms. The molecular weight excluding hydrogens is 355 g/mol. The number of nitrogens with zero attached hydrogens (tertiary/aromatic N) is 2. The molecule has 1 aliphatic heterocycles. The first kappa shape index (κ1) is 19.6. The summed E-state index contributed by atoms with van der Waals surface area (Å²) < 4.78 is 21.5. The lowest BCUT2D eigenvalue weighted by Gasteiger charge is -2.15. The average Bonchev–Trinajstić information content (AvgIpc) is 2.88. The van der Waals surface area contributed by atoms with Crippen LogP contribution in [0, 0.1) is 11.8 Å². The maximum atomic E-state index is 12.0. The SMILES string of the molecule is Nc1nc(=O)n(C2CC(N)C(CO)O2)cc1C#CCCOP(=O)(O)O. The van der Waals surface area contributed by atoms with Gasteiger partial charge in [-0.3, -0.25) is 9.09 Å². The quantitative estimate of drug-likeness (QED) is 0.226. The zero-order valence-electron chi connectivity index (χ0n) is 13.1. The van der Waals surface area contributed by atoms with Crippen LogP contribution >= 0.6 is 7.82 Å². The van der Waals surface area contributed by atoms with Crippen molar-refractivity contribution in [2.75, 3.05) is 18.9 Å². The molecule has 2 rings (SSSR count). The molecule has 0 bridgehead atoms. The van der Waals surface area contributed by atoms with Gasteiger partial charge in [0, 0.05) is 25.1 Å². The number of hydrogen-bond donors (Lipinski definition) is 5. The van der Waals surface area contributed by atoms with Crippen LogP contribution in [0.2, 0.25) is 0 Å². The molecular formula is C13H19N4O7P. The van der Waals surface area contributed by atoms with Gasteiger partial charge >= 0.3 is 13.5 Å². The van der Waals surface area contributed by atoms with Gasteiger partial charge in [0.2, 0.25) is 0 Å². The van der Waals surface area contributed by atoms with Gasteiger partial charge in [0.05, 0.1) is 24.9 Å². The van der Waals surface area contributed by atoms with Crippen LogP contribution in [-0.2, 0) is 13.8 Å². The Morgan fingerprint density at radius 3 is 2.84 bits per heavy atom. The molecule has 0 aromatic carbocycles. The van der Waals surface area contributed by atoms with E-state index in [-0.39, 0.29) is 31.0 Å². The summed E-state index contributed by atoms with van der Waals surface area (Å²) >= 11 is 0. The molecule has 0 aliphatic carbocycles. The fourth-order valence-corrected chi connectivity index (χ4v) is 2.59. The number of nitrogens with two attached hydrogens (primary N) is 2. The van der Waals surface area contributed by atoms with E-state index in [0.717, 1.165) is 0 Å². The molecule has 12 heteroatoms. The average molecular weight is 374 g/mol. The largest absolute Gasteiger partial charge is 0.469 e. The van der Waals surface area contributed by atoms with Crippen molar-refractivity contribution in [2.24, 2.45) is 5.73 Å². The van der Waals surface area contributed by atoms with Crippen LogP contribution in [-0.4, -0.2) is 49.8 Å². The van der Waals surface area contributed by atoms with E-state index in [1.807, 2.05) is 0 Å². The summed E-state index contributed by atoms with van der Waals surface area (Å²) in [5.74, 6) is 5.20. The number of ether oxygens (including phenoxy) is 1. The van der Waals surface area contributed by atoms with Gasteiger partial charge in [-0.25, -0.2) is 9.36 Å². The Labute approximate surface area is 142 Å². The molecule has 1 saturated heterocycles. The topological polar surface area (TPSA) is 183 Å². The van der Waals surface area contributed by atoms with Gasteiger partial charge in [0.15, 0.2) is 0 Å². The number of hydrogen-bond acceptors (Lipinski definition) is 8. The molecule has 3 unspecified atom stereocenters. The lowest BCUT2D eigenvalue weighted by molar-refractivity contribution is -0.0270. The molecule has 1 aromatic rings. The Balaban J connectivity index is 2.13. The highest BCUT2D eigenvalue weighted by molar-refractivity contribution is 7.46. The molecule has 1 aliphatic rings. The summed E-state index contributed by atoms with van der Waals surface area (Å²) in [5, 5.41) is 9.18. The van der Waals surface area contributed by atoms with Crippen molar-refractivity contribution in [3.05, 3.63) is 22.2 Å². The summed E-state index contributed by atoms with van der Waals surface area (Å²) in [5.41, 5.74) is 11.1. The van der Waals surface area contributed by atoms with Gasteiger partial charge in [-0.1, -0.05) is 11.8 Å². The number of rotatable bonds is 5. The number of phosphoric acid groups is 1. The lowest BCUT2D eigenvalue weighted by Crippen LogP contribution is -2.32. The van der Waals surface area contributed by atoms with E-state index in [9.17, 15) is 14.5 Å². The highest BCUT2D eigenvalue weighted by atomic mass is 31.2. The number of phosphoric ester groups is 1. The fourth-order valence-electron chi connectivity index (χ4n) is 2.26. The van der Waals surface area contributed by atoms with Crippen LogP contribution in [0.15, 0.2) is 11.0 Å². The summed E-state index contributed by atoms with van der Waals surface area (Å²) in [6.07, 6.45) is 0.472. The smallest absolute Gasteiger partial charge is 0.394 e. The predicted octanol–water partition coefficient (Wildman–Crippen LogP) is -1.72. The second kappa shape index (κ2) is 8.07. The Morgan fingerprint density at radius 2 is 2.24 bits per heavy atom. The Kier molecular flexibility index (Phi) is 6.31. The van der Waals surface area contributed by atoms with Gasteiger partial charge in [-0.15, -0.1) is 0 Å². The number of aliphatic hydroxyl groups excluding tert-OH is 1. The Hall–Kier alpha value is -1.77. The summed E-state index contributed by atoms with van der Waals surface area (Å²) in [7, 11) is -4.53. The molecule has 138 valence electrons. The molecule has 3 atom stereocenters. The van der Waals surface area contributed by atoms with Gasteiger partial charge < -0.3 is 31.1 Å². The third-order valence-corrected chi connectivity index (χ3v) is 3.98. The second-order valence-corrected chi connectivity index (χ2v) is 6.56. The molecule has 25 heavy (non-hydrogen) atoms. The summed E-state index contributed by atoms with van der Waals surface area (Å²) in [6.45, 7) is -0.524. The Bertz CT molecular complexity index is 781. The van der Waals surface area contributed by atoms with Crippen LogP contribution in [0.3, 0.4) is 0 Å². The Morgan fingerprint density at radius 1 is 1.52 bits per heavy atom. The third-order valence-electron chi connectivity index (χ3n) is 3.46. The van der Waals surface area contributed by atoms with E-state index in [0.29, 0.717) is 6.42 Å². The van der Waals surface area contributed by atoms with Gasteiger partial charge in [-0.2, -0.15) is 4.98 Å². The van der Waals surface area contributed by atoms with Crippen LogP contribution in [0.5, 0.6) is 0 Å². The maximum absolute atomic E-state index is 12.0. The van der Waals surface area contributed by atoms with Crippen molar-refractivity contribution in [3.63, 3.8) is 0 Å². The highest BCUT2D eigenvalue weighted by Crippen LogP contribution is 2.35. The molecule has 0 radical (unpaired) electrons. The number of nitrogen functional groups attached to an aromatic ring is 1. The zero-order chi connectivity index (χ0) is 18.6. The minimum Gasteiger partial charge on any atom is -0.394 e. The van der Waals surface area contributed by atoms with Gasteiger partial charge in [-0.05, 0) is 0 Å². The van der Waals surface area contributed by atoms with Crippen LogP contribution in [0.4, 0.5) is 5.82 Å². The molecule has 7 N–H and O–H groups in total. The van der Waals surface area contributed by atoms with Gasteiger partial charge in [0.25, 0.3) is 0 Å². The fraction of sp³-hybridized carbons (Fsp3) is 0.538. The van der Waals surface area contributed by atoms with E-state index in [2.05, 4.69) is 21.3 Å². The van der Waals surface area contributed by atoms with Crippen LogP contribution in [0.1, 0.15) is 24.6 Å². The zero-order valence-corrected chi connectivity index (χ0v) is 14.0. The molecule has 2 heterocycles. The summed E-state index contributed by atoms with van der Waals surface area (Å²) in [4.78, 5) is 32.8. The van der Waals surface area contributed by atoms with Crippen molar-refractivity contribution in [1.29, 1.82) is 0 Å². The maximum Gasteiger partial charge on any atom is 0.469 e. The normalized spacial score (nSPS) is 23.3. The molecule has 0 amide bonds. The first-order valence-electron chi connectivity index (χ1n) is 7.31. The molecule has 11 nitrogen and oxygen atoms in total. The van der Waals surface area contributed by atoms with E-state index in [1.54, 1.807) is 0 Å². The van der Waals surface area contributed by atoms with E-state index in [4.69, 9.17) is 26.0 Å². The van der Waals surface area contributed by atoms with Crippen molar-refractivity contribution in [2.45, 2.75) is 31.2 Å². The number of anilines is 1. The minimum absolute atomic E-state index is 0.0427. The first-order valence-corrected chi connectivity index (χ1v) is 8.84. The van der Waals surface area contributed by atoms with Gasteiger partial charge in [0.1, 0.15) is 12.0 Å². The molecule has 0 saturated carbocycles. The van der Waals surface area contributed by atoms with E-state index >= 15 is 0 Å². The number of aromatic nitrogens is 2. The highest BCUT2D eigenvalue weighted by Gasteiger charge is 2.34. The van der Waals surface area contributed by atoms with Crippen molar-refractivity contribution in [3.8, 4) is 11.8 Å². The molecule has 1 fully saturated rings. The van der Waals surface area contributed by atoms with Crippen molar-refractivity contribution in [1.82, 2.24) is 9.55 Å². The summed E-state index contributed by atoms with van der Waals surface area (Å²) in [6, 6.07) is -0.418. The standard InChI is InChI=1S/C13H19N4O7P/c14-9-5-11(24-10(9)7-18)17-6-8(12(15)16-13(17)19)3-1-2-4-23-25(20,21)22/h6,9-11,18H,2,4-5,7,14H2,(H2,15,16,19)(H2,20,21,22). The van der Waals surface area contributed by atoms with Crippen molar-refractivity contribution < 1.29 is 28.7 Å². The minimum atomic E-state index is -4.53. The second-order valence-electron chi connectivity index (χ2n) is 5.32. The number of aliphatic hydroxyl groups is 1. The molecule has 1 aromatic heterocycles. The van der Waals surface area contributed by atoms with E-state index in [1.165, 1.54) is 10.8 Å². The first-order chi connectivity index (χ1) is 11.7. The van der Waals surface area contributed by atoms with Crippen LogP contribution < -0.4 is 17.2 Å². The predicted molar refractivity (Wildman–Crippen MR) is 86.0 cm³/mol. The lowest BCUT2D eigenvalue weighted by atomic mass is 10.1. The monoisotopic (exact) mass is 374 g/mol. The van der Waals surface area contributed by atoms with E-state index < -0.39 is 31.9 Å². The third kappa shape index (κ3) is 5.35. The van der Waals surface area contributed by atoms with Crippen molar-refractivity contribution >= 4 is 13.6 Å².